The molecule has 0 N–H and O–H groups in total. The summed E-state index contributed by atoms with van der Waals surface area (Å²) in [5.74, 6) is 1.86. The number of unbranched alkanes of at least 4 members (excludes halogenated alkanes) is 1. The minimum Gasteiger partial charge on any atom is -0.456 e. The predicted octanol–water partition coefficient (Wildman–Crippen LogP) is 6.61. The highest BCUT2D eigenvalue weighted by Gasteiger charge is 2.28. The number of halogens is 1. The Kier molecular flexibility index (Phi) is 6.19. The lowest BCUT2D eigenvalue weighted by molar-refractivity contribution is 0.567. The first kappa shape index (κ1) is 23.3. The Hall–Kier alpha value is -3.45. The van der Waals surface area contributed by atoms with Crippen molar-refractivity contribution in [2.75, 3.05) is 0 Å². The van der Waals surface area contributed by atoms with Gasteiger partial charge in [-0.2, -0.15) is 4.68 Å². The standard InChI is InChI=1S/C27H29ClN6O/c1-5-6-11-24-30-23(28)16-33(24)15-18-12-13-22-20(14-18)25(27(2,3)4)26(35-22)19-9-7-8-10-21(19)34-17-29-31-32-34/h7-10,12-14,16-17H,5-6,11,15H2,1-4H3. The number of imidazole rings is 1. The van der Waals surface area contributed by atoms with Gasteiger partial charge in [-0.05, 0) is 52.1 Å². The molecule has 7 nitrogen and oxygen atoms in total. The summed E-state index contributed by atoms with van der Waals surface area (Å²) in [6.45, 7) is 9.54. The third-order valence-corrected chi connectivity index (χ3v) is 6.37. The zero-order valence-electron chi connectivity index (χ0n) is 20.5. The Morgan fingerprint density at radius 3 is 2.66 bits per heavy atom. The van der Waals surface area contributed by atoms with E-state index in [-0.39, 0.29) is 5.41 Å². The molecule has 5 aromatic rings. The monoisotopic (exact) mass is 488 g/mol. The number of rotatable bonds is 7. The molecule has 35 heavy (non-hydrogen) atoms. The lowest BCUT2D eigenvalue weighted by Gasteiger charge is -2.20. The zero-order valence-corrected chi connectivity index (χ0v) is 21.3. The Morgan fingerprint density at radius 1 is 1.09 bits per heavy atom. The first-order valence-corrected chi connectivity index (χ1v) is 12.3. The Labute approximate surface area is 209 Å². The molecule has 0 bridgehead atoms. The Morgan fingerprint density at radius 2 is 1.91 bits per heavy atom. The van der Waals surface area contributed by atoms with E-state index in [1.165, 1.54) is 5.56 Å². The molecule has 0 amide bonds. The fourth-order valence-electron chi connectivity index (χ4n) is 4.60. The summed E-state index contributed by atoms with van der Waals surface area (Å²) >= 11 is 6.26. The molecule has 0 saturated heterocycles. The highest BCUT2D eigenvalue weighted by atomic mass is 35.5. The minimum atomic E-state index is -0.155. The minimum absolute atomic E-state index is 0.155. The van der Waals surface area contributed by atoms with Crippen LogP contribution in [-0.4, -0.2) is 29.8 Å². The SMILES string of the molecule is CCCCc1nc(Cl)cn1Cc1ccc2oc(-c3ccccc3-n3cnnn3)c(C(C)(C)C)c2c1. The van der Waals surface area contributed by atoms with E-state index in [0.29, 0.717) is 11.7 Å². The van der Waals surface area contributed by atoms with Crippen molar-refractivity contribution in [3.63, 3.8) is 0 Å². The highest BCUT2D eigenvalue weighted by Crippen LogP contribution is 2.43. The summed E-state index contributed by atoms with van der Waals surface area (Å²) in [6.07, 6.45) is 6.65. The zero-order chi connectivity index (χ0) is 24.6. The molecule has 5 rings (SSSR count). The van der Waals surface area contributed by atoms with Gasteiger partial charge in [-0.25, -0.2) is 4.98 Å². The molecule has 8 heteroatoms. The summed E-state index contributed by atoms with van der Waals surface area (Å²) in [7, 11) is 0. The van der Waals surface area contributed by atoms with Crippen molar-refractivity contribution in [1.82, 2.24) is 29.8 Å². The van der Waals surface area contributed by atoms with Gasteiger partial charge in [0.15, 0.2) is 0 Å². The number of furan rings is 1. The molecule has 0 aliphatic carbocycles. The fourth-order valence-corrected chi connectivity index (χ4v) is 4.82. The molecule has 0 atom stereocenters. The third kappa shape index (κ3) is 4.60. The first-order valence-electron chi connectivity index (χ1n) is 12.0. The van der Waals surface area contributed by atoms with Gasteiger partial charge in [-0.3, -0.25) is 0 Å². The van der Waals surface area contributed by atoms with Crippen LogP contribution in [0.4, 0.5) is 0 Å². The number of aryl methyl sites for hydroxylation is 1. The molecule has 3 aromatic heterocycles. The van der Waals surface area contributed by atoms with E-state index >= 15 is 0 Å². The second kappa shape index (κ2) is 9.30. The van der Waals surface area contributed by atoms with E-state index in [2.05, 4.69) is 77.0 Å². The van der Waals surface area contributed by atoms with Crippen molar-refractivity contribution in [1.29, 1.82) is 0 Å². The molecule has 0 aliphatic rings. The summed E-state index contributed by atoms with van der Waals surface area (Å²) in [5, 5.41) is 13.4. The first-order chi connectivity index (χ1) is 16.8. The van der Waals surface area contributed by atoms with Gasteiger partial charge in [-0.1, -0.05) is 63.9 Å². The average molecular weight is 489 g/mol. The Bertz CT molecular complexity index is 1460. The number of benzene rings is 2. The van der Waals surface area contributed by atoms with Crippen LogP contribution in [0.25, 0.3) is 28.0 Å². The maximum Gasteiger partial charge on any atom is 0.147 e. The van der Waals surface area contributed by atoms with E-state index in [1.807, 2.05) is 24.4 Å². The maximum absolute atomic E-state index is 6.51. The molecular formula is C27H29ClN6O. The maximum atomic E-state index is 6.51. The molecule has 180 valence electrons. The lowest BCUT2D eigenvalue weighted by atomic mass is 9.83. The molecule has 0 spiro atoms. The fraction of sp³-hybridized carbons (Fsp3) is 0.333. The number of nitrogens with zero attached hydrogens (tertiary/aromatic N) is 6. The van der Waals surface area contributed by atoms with Crippen molar-refractivity contribution >= 4 is 22.6 Å². The molecule has 2 aromatic carbocycles. The Balaban J connectivity index is 1.62. The molecule has 0 unspecified atom stereocenters. The van der Waals surface area contributed by atoms with E-state index < -0.39 is 0 Å². The van der Waals surface area contributed by atoms with Crippen LogP contribution in [0.3, 0.4) is 0 Å². The largest absolute Gasteiger partial charge is 0.456 e. The van der Waals surface area contributed by atoms with Crippen LogP contribution in [0.2, 0.25) is 5.15 Å². The van der Waals surface area contributed by atoms with E-state index in [4.69, 9.17) is 16.0 Å². The molecule has 0 saturated carbocycles. The second-order valence-corrected chi connectivity index (χ2v) is 10.3. The van der Waals surface area contributed by atoms with Gasteiger partial charge in [0.25, 0.3) is 0 Å². The molecular weight excluding hydrogens is 460 g/mol. The lowest BCUT2D eigenvalue weighted by Crippen LogP contribution is -2.12. The van der Waals surface area contributed by atoms with Crippen molar-refractivity contribution in [2.24, 2.45) is 0 Å². The highest BCUT2D eigenvalue weighted by molar-refractivity contribution is 6.29. The topological polar surface area (TPSA) is 74.6 Å². The second-order valence-electron chi connectivity index (χ2n) is 9.87. The van der Waals surface area contributed by atoms with Crippen LogP contribution in [0.1, 0.15) is 57.5 Å². The van der Waals surface area contributed by atoms with E-state index in [1.54, 1.807) is 11.0 Å². The average Bonchev–Trinajstić information content (AvgIpc) is 3.56. The van der Waals surface area contributed by atoms with E-state index in [0.717, 1.165) is 58.6 Å². The van der Waals surface area contributed by atoms with Crippen LogP contribution >= 0.6 is 11.6 Å². The van der Waals surface area contributed by atoms with Gasteiger partial charge in [0.1, 0.15) is 28.6 Å². The number of para-hydroxylation sites is 1. The molecule has 0 radical (unpaired) electrons. The normalized spacial score (nSPS) is 12.0. The van der Waals surface area contributed by atoms with Gasteiger partial charge in [0.05, 0.1) is 5.69 Å². The van der Waals surface area contributed by atoms with Gasteiger partial charge < -0.3 is 8.98 Å². The van der Waals surface area contributed by atoms with Crippen molar-refractivity contribution in [2.45, 2.75) is 58.9 Å². The van der Waals surface area contributed by atoms with Crippen molar-refractivity contribution < 1.29 is 4.42 Å². The number of aromatic nitrogens is 6. The van der Waals surface area contributed by atoms with E-state index in [9.17, 15) is 0 Å². The van der Waals surface area contributed by atoms with Gasteiger partial charge in [0.2, 0.25) is 0 Å². The van der Waals surface area contributed by atoms with Crippen LogP contribution in [0.15, 0.2) is 59.4 Å². The van der Waals surface area contributed by atoms with Crippen LogP contribution in [-0.2, 0) is 18.4 Å². The quantitative estimate of drug-likeness (QED) is 0.257. The molecule has 3 heterocycles. The number of tetrazole rings is 1. The van der Waals surface area contributed by atoms with Gasteiger partial charge in [0, 0.05) is 35.7 Å². The molecule has 0 aliphatic heterocycles. The van der Waals surface area contributed by atoms with Crippen LogP contribution in [0, 0.1) is 0 Å². The summed E-state index contributed by atoms with van der Waals surface area (Å²) in [5.41, 5.74) is 4.86. The number of hydrogen-bond donors (Lipinski definition) is 0. The van der Waals surface area contributed by atoms with Crippen molar-refractivity contribution in [3.05, 3.63) is 77.1 Å². The summed E-state index contributed by atoms with van der Waals surface area (Å²) < 4.78 is 10.3. The number of hydrogen-bond acceptors (Lipinski definition) is 5. The van der Waals surface area contributed by atoms with Gasteiger partial charge >= 0.3 is 0 Å². The molecule has 0 fully saturated rings. The summed E-state index contributed by atoms with van der Waals surface area (Å²) in [6, 6.07) is 14.5. The van der Waals surface area contributed by atoms with Crippen molar-refractivity contribution in [3.8, 4) is 17.0 Å². The summed E-state index contributed by atoms with van der Waals surface area (Å²) in [4.78, 5) is 4.53. The number of fused-ring (bicyclic) bond motifs is 1. The van der Waals surface area contributed by atoms with Crippen LogP contribution < -0.4 is 0 Å². The predicted molar refractivity (Wildman–Crippen MR) is 138 cm³/mol. The van der Waals surface area contributed by atoms with Crippen LogP contribution in [0.5, 0.6) is 0 Å². The third-order valence-electron chi connectivity index (χ3n) is 6.18. The van der Waals surface area contributed by atoms with Gasteiger partial charge in [-0.15, -0.1) is 5.10 Å². The smallest absolute Gasteiger partial charge is 0.147 e.